The van der Waals surface area contributed by atoms with Crippen LogP contribution < -0.4 is 10.1 Å². The van der Waals surface area contributed by atoms with Crippen molar-refractivity contribution in [1.82, 2.24) is 10.3 Å². The first-order valence-corrected chi connectivity index (χ1v) is 7.19. The summed E-state index contributed by atoms with van der Waals surface area (Å²) in [5.41, 5.74) is 2.13. The van der Waals surface area contributed by atoms with Gasteiger partial charge in [-0.25, -0.2) is 4.98 Å². The first-order chi connectivity index (χ1) is 9.79. The molecule has 4 heteroatoms. The molecule has 0 spiro atoms. The quantitative estimate of drug-likeness (QED) is 0.787. The Morgan fingerprint density at radius 2 is 2.10 bits per heavy atom. The average molecular weight is 291 g/mol. The summed E-state index contributed by atoms with van der Waals surface area (Å²) in [5.74, 6) is 0.626. The number of rotatable bonds is 7. The molecule has 0 aliphatic rings. The molecule has 0 aliphatic heterocycles. The van der Waals surface area contributed by atoms with Gasteiger partial charge in [0.1, 0.15) is 6.61 Å². The van der Waals surface area contributed by atoms with Gasteiger partial charge in [-0.2, -0.15) is 0 Å². The summed E-state index contributed by atoms with van der Waals surface area (Å²) < 4.78 is 5.70. The molecule has 20 heavy (non-hydrogen) atoms. The highest BCUT2D eigenvalue weighted by molar-refractivity contribution is 6.31. The third-order valence-corrected chi connectivity index (χ3v) is 3.26. The van der Waals surface area contributed by atoms with Crippen molar-refractivity contribution in [3.63, 3.8) is 0 Å². The third kappa shape index (κ3) is 4.51. The molecule has 0 amide bonds. The highest BCUT2D eigenvalue weighted by Crippen LogP contribution is 2.17. The summed E-state index contributed by atoms with van der Waals surface area (Å²) in [6.45, 7) is 4.42. The molecule has 1 aromatic heterocycles. The molecule has 0 bridgehead atoms. The third-order valence-electron chi connectivity index (χ3n) is 2.89. The van der Waals surface area contributed by atoms with Gasteiger partial charge in [0, 0.05) is 29.4 Å². The van der Waals surface area contributed by atoms with Crippen molar-refractivity contribution >= 4 is 11.6 Å². The number of nitrogens with one attached hydrogen (secondary N) is 1. The molecule has 3 nitrogen and oxygen atoms in total. The number of halogens is 1. The van der Waals surface area contributed by atoms with E-state index in [1.54, 1.807) is 6.20 Å². The molecular formula is C16H19ClN2O. The lowest BCUT2D eigenvalue weighted by Gasteiger charge is -2.08. The SMILES string of the molecule is CCCNCc1ccnc(OCc2ccccc2Cl)c1. The van der Waals surface area contributed by atoms with Crippen LogP contribution >= 0.6 is 11.6 Å². The largest absolute Gasteiger partial charge is 0.473 e. The zero-order chi connectivity index (χ0) is 14.2. The van der Waals surface area contributed by atoms with Crippen molar-refractivity contribution in [2.24, 2.45) is 0 Å². The van der Waals surface area contributed by atoms with Crippen LogP contribution in [0.4, 0.5) is 0 Å². The Morgan fingerprint density at radius 3 is 2.90 bits per heavy atom. The van der Waals surface area contributed by atoms with Crippen LogP contribution in [0.3, 0.4) is 0 Å². The number of benzene rings is 1. The van der Waals surface area contributed by atoms with Gasteiger partial charge in [0.15, 0.2) is 0 Å². The van der Waals surface area contributed by atoms with Gasteiger partial charge in [-0.1, -0.05) is 36.7 Å². The Labute approximate surface area is 124 Å². The minimum atomic E-state index is 0.429. The van der Waals surface area contributed by atoms with Crippen LogP contribution in [0.5, 0.6) is 5.88 Å². The second-order valence-corrected chi connectivity index (χ2v) is 4.97. The summed E-state index contributed by atoms with van der Waals surface area (Å²) >= 11 is 6.10. The highest BCUT2D eigenvalue weighted by atomic mass is 35.5. The topological polar surface area (TPSA) is 34.2 Å². The van der Waals surface area contributed by atoms with Gasteiger partial charge in [-0.05, 0) is 30.7 Å². The number of aromatic nitrogens is 1. The summed E-state index contributed by atoms with van der Waals surface area (Å²) in [6, 6.07) is 11.6. The Bertz CT molecular complexity index is 546. The minimum absolute atomic E-state index is 0.429. The molecule has 0 aliphatic carbocycles. The van der Waals surface area contributed by atoms with Crippen molar-refractivity contribution in [3.8, 4) is 5.88 Å². The van der Waals surface area contributed by atoms with Crippen molar-refractivity contribution in [1.29, 1.82) is 0 Å². The van der Waals surface area contributed by atoms with E-state index in [1.807, 2.05) is 36.4 Å². The van der Waals surface area contributed by atoms with Crippen molar-refractivity contribution in [2.45, 2.75) is 26.5 Å². The molecular weight excluding hydrogens is 272 g/mol. The molecule has 2 rings (SSSR count). The Hall–Kier alpha value is -1.58. The van der Waals surface area contributed by atoms with E-state index >= 15 is 0 Å². The van der Waals surface area contributed by atoms with Crippen LogP contribution in [-0.2, 0) is 13.2 Å². The first kappa shape index (κ1) is 14.8. The van der Waals surface area contributed by atoms with Gasteiger partial charge in [0.2, 0.25) is 5.88 Å². The molecule has 0 unspecified atom stereocenters. The van der Waals surface area contributed by atoms with E-state index in [9.17, 15) is 0 Å². The van der Waals surface area contributed by atoms with Crippen LogP contribution in [0, 0.1) is 0 Å². The maximum Gasteiger partial charge on any atom is 0.213 e. The predicted octanol–water partition coefficient (Wildman–Crippen LogP) is 3.81. The van der Waals surface area contributed by atoms with Gasteiger partial charge in [0.25, 0.3) is 0 Å². The smallest absolute Gasteiger partial charge is 0.213 e. The molecule has 106 valence electrons. The van der Waals surface area contributed by atoms with Crippen molar-refractivity contribution < 1.29 is 4.74 Å². The monoisotopic (exact) mass is 290 g/mol. The van der Waals surface area contributed by atoms with Gasteiger partial charge in [0.05, 0.1) is 0 Å². The molecule has 0 saturated carbocycles. The Balaban J connectivity index is 1.93. The second-order valence-electron chi connectivity index (χ2n) is 4.56. The number of ether oxygens (including phenoxy) is 1. The van der Waals surface area contributed by atoms with Crippen LogP contribution in [0.2, 0.25) is 5.02 Å². The van der Waals surface area contributed by atoms with E-state index < -0.39 is 0 Å². The van der Waals surface area contributed by atoms with Gasteiger partial charge in [-0.15, -0.1) is 0 Å². The predicted molar refractivity (Wildman–Crippen MR) is 82.0 cm³/mol. The minimum Gasteiger partial charge on any atom is -0.473 e. The lowest BCUT2D eigenvalue weighted by atomic mass is 10.2. The van der Waals surface area contributed by atoms with Crippen molar-refractivity contribution in [3.05, 3.63) is 58.7 Å². The maximum absolute atomic E-state index is 6.10. The summed E-state index contributed by atoms with van der Waals surface area (Å²) in [4.78, 5) is 4.22. The van der Waals surface area contributed by atoms with E-state index in [1.165, 1.54) is 5.56 Å². The summed E-state index contributed by atoms with van der Waals surface area (Å²) in [5, 5.41) is 4.07. The maximum atomic E-state index is 6.10. The van der Waals surface area contributed by atoms with E-state index in [-0.39, 0.29) is 0 Å². The molecule has 0 fully saturated rings. The second kappa shape index (κ2) is 7.88. The first-order valence-electron chi connectivity index (χ1n) is 6.81. The fourth-order valence-electron chi connectivity index (χ4n) is 1.82. The van der Waals surface area contributed by atoms with Crippen LogP contribution in [0.1, 0.15) is 24.5 Å². The van der Waals surface area contributed by atoms with Crippen LogP contribution in [0.25, 0.3) is 0 Å². The normalized spacial score (nSPS) is 10.5. The number of nitrogens with zero attached hydrogens (tertiary/aromatic N) is 1. The standard InChI is InChI=1S/C16H19ClN2O/c1-2-8-18-11-13-7-9-19-16(10-13)20-12-14-5-3-4-6-15(14)17/h3-7,9-10,18H,2,8,11-12H2,1H3. The lowest BCUT2D eigenvalue weighted by molar-refractivity contribution is 0.293. The molecule has 1 N–H and O–H groups in total. The van der Waals surface area contributed by atoms with E-state index in [0.29, 0.717) is 17.5 Å². The molecule has 1 heterocycles. The van der Waals surface area contributed by atoms with E-state index in [0.717, 1.165) is 25.1 Å². The number of pyridine rings is 1. The van der Waals surface area contributed by atoms with Crippen LogP contribution in [0.15, 0.2) is 42.6 Å². The summed E-state index contributed by atoms with van der Waals surface area (Å²) in [7, 11) is 0. The highest BCUT2D eigenvalue weighted by Gasteiger charge is 2.02. The molecule has 0 radical (unpaired) electrons. The molecule has 2 aromatic rings. The average Bonchev–Trinajstić information content (AvgIpc) is 2.47. The molecule has 0 atom stereocenters. The van der Waals surface area contributed by atoms with E-state index in [4.69, 9.17) is 16.3 Å². The Kier molecular flexibility index (Phi) is 5.84. The van der Waals surface area contributed by atoms with Crippen LogP contribution in [-0.4, -0.2) is 11.5 Å². The number of hydrogen-bond acceptors (Lipinski definition) is 3. The molecule has 1 aromatic carbocycles. The zero-order valence-electron chi connectivity index (χ0n) is 11.6. The fraction of sp³-hybridized carbons (Fsp3) is 0.312. The summed E-state index contributed by atoms with van der Waals surface area (Å²) in [6.07, 6.45) is 2.89. The lowest BCUT2D eigenvalue weighted by Crippen LogP contribution is -2.13. The number of hydrogen-bond donors (Lipinski definition) is 1. The van der Waals surface area contributed by atoms with Gasteiger partial charge >= 0.3 is 0 Å². The van der Waals surface area contributed by atoms with Gasteiger partial charge in [-0.3, -0.25) is 0 Å². The van der Waals surface area contributed by atoms with Crippen molar-refractivity contribution in [2.75, 3.05) is 6.54 Å². The van der Waals surface area contributed by atoms with E-state index in [2.05, 4.69) is 17.2 Å². The zero-order valence-corrected chi connectivity index (χ0v) is 12.4. The van der Waals surface area contributed by atoms with Gasteiger partial charge < -0.3 is 10.1 Å². The fourth-order valence-corrected chi connectivity index (χ4v) is 2.01. The Morgan fingerprint density at radius 1 is 1.25 bits per heavy atom. The molecule has 0 saturated heterocycles.